The average Bonchev–Trinajstić information content (AvgIpc) is 2.46. The second kappa shape index (κ2) is 17.6. The summed E-state index contributed by atoms with van der Waals surface area (Å²) in [6, 6.07) is 0. The number of allylic oxidation sites excluding steroid dienone is 1. The van der Waals surface area contributed by atoms with Gasteiger partial charge in [0.15, 0.2) is 0 Å². The van der Waals surface area contributed by atoms with Gasteiger partial charge in [0.1, 0.15) is 0 Å². The van der Waals surface area contributed by atoms with Crippen molar-refractivity contribution < 1.29 is 5.11 Å². The van der Waals surface area contributed by atoms with E-state index in [-0.39, 0.29) is 5.76 Å². The third-order valence-corrected chi connectivity index (χ3v) is 4.31. The van der Waals surface area contributed by atoms with Crippen LogP contribution in [0, 0.1) is 0 Å². The summed E-state index contributed by atoms with van der Waals surface area (Å²) in [6.45, 7) is 5.69. The fourth-order valence-electron chi connectivity index (χ4n) is 2.87. The average molecular weight is 296 g/mol. The van der Waals surface area contributed by atoms with Crippen molar-refractivity contribution in [1.29, 1.82) is 0 Å². The minimum atomic E-state index is 0.0976. The highest BCUT2D eigenvalue weighted by Gasteiger charge is 1.94. The Bertz CT molecular complexity index is 210. The Balaban J connectivity index is 2.95. The summed E-state index contributed by atoms with van der Waals surface area (Å²) in [6.07, 6.45) is 22.7. The third-order valence-electron chi connectivity index (χ3n) is 4.31. The van der Waals surface area contributed by atoms with E-state index in [1.807, 2.05) is 0 Å². The van der Waals surface area contributed by atoms with Gasteiger partial charge in [0.25, 0.3) is 0 Å². The van der Waals surface area contributed by atoms with Crippen LogP contribution in [0.25, 0.3) is 0 Å². The molecule has 0 radical (unpaired) electrons. The highest BCUT2D eigenvalue weighted by molar-refractivity contribution is 4.75. The zero-order valence-corrected chi connectivity index (χ0v) is 14.6. The second-order valence-electron chi connectivity index (χ2n) is 6.59. The van der Waals surface area contributed by atoms with Crippen LogP contribution < -0.4 is 5.11 Å². The molecule has 0 heterocycles. The van der Waals surface area contributed by atoms with Gasteiger partial charge in [-0.05, 0) is 6.42 Å². The van der Waals surface area contributed by atoms with Gasteiger partial charge in [-0.2, -0.15) is 0 Å². The molecule has 1 heteroatoms. The molecule has 0 atom stereocenters. The molecule has 0 saturated heterocycles. The maximum Gasteiger partial charge on any atom is -0.0429 e. The summed E-state index contributed by atoms with van der Waals surface area (Å²) >= 11 is 0. The van der Waals surface area contributed by atoms with Crippen LogP contribution in [0.1, 0.15) is 116 Å². The minimum absolute atomic E-state index is 0.0976. The van der Waals surface area contributed by atoms with Gasteiger partial charge in [0.2, 0.25) is 0 Å². The van der Waals surface area contributed by atoms with Crippen molar-refractivity contribution >= 4 is 0 Å². The molecule has 0 aliphatic rings. The lowest BCUT2D eigenvalue weighted by Crippen LogP contribution is -2.00. The van der Waals surface area contributed by atoms with E-state index < -0.39 is 0 Å². The van der Waals surface area contributed by atoms with Crippen LogP contribution in [0.2, 0.25) is 0 Å². The standard InChI is InChI=1S/C20H40O/c1-3-4-5-6-7-8-9-10-11-12-13-14-15-16-17-18-19-20(2)21/h21H,2-19H2,1H3/p-1. The molecule has 0 aromatic heterocycles. The molecule has 0 aromatic rings. The van der Waals surface area contributed by atoms with E-state index in [2.05, 4.69) is 13.5 Å². The van der Waals surface area contributed by atoms with E-state index in [0.717, 1.165) is 6.42 Å². The van der Waals surface area contributed by atoms with Crippen molar-refractivity contribution in [2.75, 3.05) is 0 Å². The maximum absolute atomic E-state index is 10.7. The maximum atomic E-state index is 10.7. The molecule has 0 aliphatic heterocycles. The van der Waals surface area contributed by atoms with Crippen molar-refractivity contribution in [2.24, 2.45) is 0 Å². The number of hydrogen-bond acceptors (Lipinski definition) is 1. The van der Waals surface area contributed by atoms with E-state index in [1.165, 1.54) is 96.3 Å². The van der Waals surface area contributed by atoms with E-state index in [1.54, 1.807) is 0 Å². The van der Waals surface area contributed by atoms with Crippen LogP contribution >= 0.6 is 0 Å². The Morgan fingerprint density at radius 1 is 0.571 bits per heavy atom. The van der Waals surface area contributed by atoms with Crippen molar-refractivity contribution in [1.82, 2.24) is 0 Å². The predicted molar refractivity (Wildman–Crippen MR) is 93.3 cm³/mol. The Hall–Kier alpha value is -0.460. The Morgan fingerprint density at radius 2 is 0.857 bits per heavy atom. The molecule has 0 aromatic carbocycles. The fourth-order valence-corrected chi connectivity index (χ4v) is 2.87. The Morgan fingerprint density at radius 3 is 1.14 bits per heavy atom. The SMILES string of the molecule is C=C([O-])CCCCCCCCCCCCCCCCCC. The van der Waals surface area contributed by atoms with Gasteiger partial charge in [-0.1, -0.05) is 110 Å². The molecule has 0 fully saturated rings. The molecule has 0 N–H and O–H groups in total. The lowest BCUT2D eigenvalue weighted by atomic mass is 10.0. The van der Waals surface area contributed by atoms with Crippen LogP contribution in [0.4, 0.5) is 0 Å². The lowest BCUT2D eigenvalue weighted by Gasteiger charge is -2.08. The number of hydrogen-bond donors (Lipinski definition) is 0. The largest absolute Gasteiger partial charge is 0.876 e. The quantitative estimate of drug-likeness (QED) is 0.221. The topological polar surface area (TPSA) is 23.1 Å². The molecule has 0 spiro atoms. The molecule has 0 saturated carbocycles. The van der Waals surface area contributed by atoms with E-state index >= 15 is 0 Å². The summed E-state index contributed by atoms with van der Waals surface area (Å²) in [5.74, 6) is 0.0976. The van der Waals surface area contributed by atoms with Crippen molar-refractivity contribution in [3.63, 3.8) is 0 Å². The first-order chi connectivity index (χ1) is 10.3. The van der Waals surface area contributed by atoms with Gasteiger partial charge >= 0.3 is 0 Å². The van der Waals surface area contributed by atoms with E-state index in [4.69, 9.17) is 0 Å². The van der Waals surface area contributed by atoms with E-state index in [0.29, 0.717) is 6.42 Å². The highest BCUT2D eigenvalue weighted by Crippen LogP contribution is 2.14. The molecule has 0 rings (SSSR count). The third kappa shape index (κ3) is 19.5. The summed E-state index contributed by atoms with van der Waals surface area (Å²) in [7, 11) is 0. The van der Waals surface area contributed by atoms with Gasteiger partial charge in [-0.25, -0.2) is 0 Å². The molecule has 0 amide bonds. The Labute approximate surface area is 134 Å². The lowest BCUT2D eigenvalue weighted by molar-refractivity contribution is -0.306. The van der Waals surface area contributed by atoms with Crippen molar-refractivity contribution in [3.8, 4) is 0 Å². The fraction of sp³-hybridized carbons (Fsp3) is 0.900. The zero-order chi connectivity index (χ0) is 15.6. The first kappa shape index (κ1) is 20.5. The molecular formula is C20H39O-. The number of rotatable bonds is 17. The molecule has 126 valence electrons. The van der Waals surface area contributed by atoms with Crippen LogP contribution in [-0.2, 0) is 0 Å². The smallest absolute Gasteiger partial charge is 0.0429 e. The number of unbranched alkanes of at least 4 members (excludes halogenated alkanes) is 15. The van der Waals surface area contributed by atoms with E-state index in [9.17, 15) is 5.11 Å². The van der Waals surface area contributed by atoms with Crippen LogP contribution in [0.15, 0.2) is 12.3 Å². The summed E-state index contributed by atoms with van der Waals surface area (Å²) in [4.78, 5) is 0. The zero-order valence-electron chi connectivity index (χ0n) is 14.6. The predicted octanol–water partition coefficient (Wildman–Crippen LogP) is 6.51. The summed E-state index contributed by atoms with van der Waals surface area (Å²) < 4.78 is 0. The normalized spacial score (nSPS) is 10.9. The van der Waals surface area contributed by atoms with Crippen molar-refractivity contribution in [3.05, 3.63) is 12.3 Å². The molecule has 0 aliphatic carbocycles. The summed E-state index contributed by atoms with van der Waals surface area (Å²) in [5.41, 5.74) is 0. The van der Waals surface area contributed by atoms with Crippen LogP contribution in [-0.4, -0.2) is 0 Å². The molecule has 0 unspecified atom stereocenters. The first-order valence-electron chi connectivity index (χ1n) is 9.62. The second-order valence-corrected chi connectivity index (χ2v) is 6.59. The van der Waals surface area contributed by atoms with Crippen molar-refractivity contribution in [2.45, 2.75) is 116 Å². The summed E-state index contributed by atoms with van der Waals surface area (Å²) in [5, 5.41) is 10.7. The molecular weight excluding hydrogens is 256 g/mol. The van der Waals surface area contributed by atoms with Crippen LogP contribution in [0.5, 0.6) is 0 Å². The van der Waals surface area contributed by atoms with Gasteiger partial charge < -0.3 is 5.11 Å². The van der Waals surface area contributed by atoms with Gasteiger partial charge in [-0.15, -0.1) is 12.3 Å². The van der Waals surface area contributed by atoms with Gasteiger partial charge in [0, 0.05) is 0 Å². The van der Waals surface area contributed by atoms with Gasteiger partial charge in [-0.3, -0.25) is 0 Å². The Kier molecular flexibility index (Phi) is 17.2. The minimum Gasteiger partial charge on any atom is -0.876 e. The monoisotopic (exact) mass is 295 g/mol. The molecule has 21 heavy (non-hydrogen) atoms. The van der Waals surface area contributed by atoms with Crippen LogP contribution in [0.3, 0.4) is 0 Å². The molecule has 1 nitrogen and oxygen atoms in total. The van der Waals surface area contributed by atoms with Gasteiger partial charge in [0.05, 0.1) is 0 Å². The molecule has 0 bridgehead atoms. The first-order valence-corrected chi connectivity index (χ1v) is 9.62. The highest BCUT2D eigenvalue weighted by atomic mass is 16.3.